The number of rotatable bonds is 15. The van der Waals surface area contributed by atoms with Crippen molar-refractivity contribution in [1.82, 2.24) is 0 Å². The second kappa shape index (κ2) is 18.7. The summed E-state index contributed by atoms with van der Waals surface area (Å²) in [5.74, 6) is 1.97. The molecular formula is C22H36O. The van der Waals surface area contributed by atoms with E-state index < -0.39 is 0 Å². The fourth-order valence-electron chi connectivity index (χ4n) is 2.41. The highest BCUT2D eigenvalue weighted by atomic mass is 16.1. The third-order valence-corrected chi connectivity index (χ3v) is 3.88. The lowest BCUT2D eigenvalue weighted by Gasteiger charge is -2.00. The highest BCUT2D eigenvalue weighted by Gasteiger charge is 1.93. The Hall–Kier alpha value is -1.33. The Labute approximate surface area is 144 Å². The number of hydrogen-bond acceptors (Lipinski definition) is 1. The molecule has 0 aliphatic rings. The van der Waals surface area contributed by atoms with Crippen LogP contribution in [-0.4, -0.2) is 5.94 Å². The molecule has 130 valence electrons. The van der Waals surface area contributed by atoms with Gasteiger partial charge in [0.25, 0.3) is 0 Å². The number of carbonyl (C=O) groups excluding carboxylic acids is 1. The molecule has 0 amide bonds. The van der Waals surface area contributed by atoms with Crippen LogP contribution in [0.2, 0.25) is 0 Å². The van der Waals surface area contributed by atoms with Crippen LogP contribution in [0, 0.1) is 0 Å². The maximum atomic E-state index is 10.3. The summed E-state index contributed by atoms with van der Waals surface area (Å²) in [5, 5.41) is 0. The van der Waals surface area contributed by atoms with Crippen LogP contribution in [0.5, 0.6) is 0 Å². The first-order valence-electron chi connectivity index (χ1n) is 9.46. The van der Waals surface area contributed by atoms with E-state index in [1.807, 2.05) is 12.9 Å². The molecule has 0 aromatic carbocycles. The lowest BCUT2D eigenvalue weighted by atomic mass is 10.1. The lowest BCUT2D eigenvalue weighted by molar-refractivity contribution is 0.561. The van der Waals surface area contributed by atoms with Gasteiger partial charge < -0.3 is 0 Å². The normalized spacial score (nSPS) is 11.7. The standard InChI is InChI=1S/C22H36O/c1-3-4-5-6-7-8-9-10-11-12-13-14-15-16-17-18-19-20-22(2)21-23/h4-5,7-8,10-11H,3,6,9,12-20H2,1-2H3. The van der Waals surface area contributed by atoms with Gasteiger partial charge in [-0.2, -0.15) is 0 Å². The molecule has 1 heteroatoms. The molecule has 0 N–H and O–H groups in total. The van der Waals surface area contributed by atoms with Crippen LogP contribution >= 0.6 is 0 Å². The smallest absolute Gasteiger partial charge is 0.123 e. The summed E-state index contributed by atoms with van der Waals surface area (Å²) in [6.07, 6.45) is 28.0. The molecule has 0 bridgehead atoms. The number of unbranched alkanes of at least 4 members (excludes halogenated alkanes) is 7. The van der Waals surface area contributed by atoms with E-state index in [4.69, 9.17) is 0 Å². The van der Waals surface area contributed by atoms with Gasteiger partial charge >= 0.3 is 0 Å². The molecule has 1 nitrogen and oxygen atoms in total. The van der Waals surface area contributed by atoms with Gasteiger partial charge in [0.1, 0.15) is 5.94 Å². The topological polar surface area (TPSA) is 17.1 Å². The van der Waals surface area contributed by atoms with Gasteiger partial charge in [-0.25, -0.2) is 4.79 Å². The van der Waals surface area contributed by atoms with Gasteiger partial charge in [0.2, 0.25) is 0 Å². The quantitative estimate of drug-likeness (QED) is 0.178. The number of hydrogen-bond donors (Lipinski definition) is 0. The Morgan fingerprint density at radius 1 is 0.739 bits per heavy atom. The Kier molecular flexibility index (Phi) is 17.6. The second-order valence-electron chi connectivity index (χ2n) is 6.19. The molecule has 0 saturated heterocycles. The predicted octanol–water partition coefficient (Wildman–Crippen LogP) is 7.13. The third-order valence-electron chi connectivity index (χ3n) is 3.88. The Morgan fingerprint density at radius 2 is 1.26 bits per heavy atom. The molecule has 0 saturated carbocycles. The van der Waals surface area contributed by atoms with Crippen LogP contribution in [0.4, 0.5) is 0 Å². The maximum absolute atomic E-state index is 10.3. The molecule has 0 aromatic rings. The second-order valence-corrected chi connectivity index (χ2v) is 6.19. The molecule has 0 fully saturated rings. The van der Waals surface area contributed by atoms with Crippen molar-refractivity contribution in [2.75, 3.05) is 0 Å². The minimum atomic E-state index is 0.865. The van der Waals surface area contributed by atoms with Crippen molar-refractivity contribution in [3.63, 3.8) is 0 Å². The first-order chi connectivity index (χ1) is 11.3. The lowest BCUT2D eigenvalue weighted by Crippen LogP contribution is -1.82. The van der Waals surface area contributed by atoms with Crippen LogP contribution in [0.15, 0.2) is 42.0 Å². The van der Waals surface area contributed by atoms with Crippen LogP contribution in [0.25, 0.3) is 0 Å². The summed E-state index contributed by atoms with van der Waals surface area (Å²) in [5.41, 5.74) is 0.865. The summed E-state index contributed by atoms with van der Waals surface area (Å²) in [7, 11) is 0. The summed E-state index contributed by atoms with van der Waals surface area (Å²) < 4.78 is 0. The molecule has 0 radical (unpaired) electrons. The van der Waals surface area contributed by atoms with Crippen molar-refractivity contribution in [3.8, 4) is 0 Å². The zero-order valence-electron chi connectivity index (χ0n) is 15.4. The van der Waals surface area contributed by atoms with Gasteiger partial charge in [-0.1, -0.05) is 75.5 Å². The van der Waals surface area contributed by atoms with Crippen molar-refractivity contribution in [2.45, 2.75) is 90.9 Å². The van der Waals surface area contributed by atoms with E-state index in [2.05, 4.69) is 43.4 Å². The summed E-state index contributed by atoms with van der Waals surface area (Å²) in [6.45, 7) is 4.04. The molecule has 23 heavy (non-hydrogen) atoms. The van der Waals surface area contributed by atoms with E-state index in [0.29, 0.717) is 0 Å². The van der Waals surface area contributed by atoms with Gasteiger partial charge in [-0.15, -0.1) is 0 Å². The zero-order chi connectivity index (χ0) is 17.0. The molecule has 0 rings (SSSR count). The SMILES string of the molecule is CCC=CCC=CCC=CCCCCCCCCCC(C)=C=O. The molecule has 0 aromatic heterocycles. The van der Waals surface area contributed by atoms with Gasteiger partial charge in [-0.3, -0.25) is 0 Å². The average Bonchev–Trinajstić information content (AvgIpc) is 2.57. The van der Waals surface area contributed by atoms with E-state index >= 15 is 0 Å². The summed E-state index contributed by atoms with van der Waals surface area (Å²) in [4.78, 5) is 10.3. The van der Waals surface area contributed by atoms with E-state index in [1.165, 1.54) is 44.9 Å². The number of allylic oxidation sites excluding steroid dienone is 7. The molecule has 0 heterocycles. The van der Waals surface area contributed by atoms with Crippen molar-refractivity contribution in [3.05, 3.63) is 42.0 Å². The summed E-state index contributed by atoms with van der Waals surface area (Å²) in [6, 6.07) is 0. The first kappa shape index (κ1) is 21.7. The largest absolute Gasteiger partial charge is 0.234 e. The molecule has 0 spiro atoms. The van der Waals surface area contributed by atoms with E-state index in [-0.39, 0.29) is 0 Å². The van der Waals surface area contributed by atoms with Crippen LogP contribution < -0.4 is 0 Å². The van der Waals surface area contributed by atoms with Crippen LogP contribution in [0.3, 0.4) is 0 Å². The maximum Gasteiger partial charge on any atom is 0.123 e. The van der Waals surface area contributed by atoms with Gasteiger partial charge in [0.15, 0.2) is 0 Å². The Bertz CT molecular complexity index is 381. The first-order valence-corrected chi connectivity index (χ1v) is 9.46. The Morgan fingerprint density at radius 3 is 1.87 bits per heavy atom. The van der Waals surface area contributed by atoms with Crippen molar-refractivity contribution in [2.24, 2.45) is 0 Å². The van der Waals surface area contributed by atoms with Crippen LogP contribution in [0.1, 0.15) is 90.9 Å². The minimum Gasteiger partial charge on any atom is -0.234 e. The monoisotopic (exact) mass is 316 g/mol. The van der Waals surface area contributed by atoms with E-state index in [1.54, 1.807) is 0 Å². The van der Waals surface area contributed by atoms with Crippen molar-refractivity contribution >= 4 is 5.94 Å². The van der Waals surface area contributed by atoms with Crippen molar-refractivity contribution < 1.29 is 4.79 Å². The molecule has 0 aliphatic carbocycles. The van der Waals surface area contributed by atoms with Crippen molar-refractivity contribution in [1.29, 1.82) is 0 Å². The summed E-state index contributed by atoms with van der Waals surface area (Å²) >= 11 is 0. The molecule has 0 unspecified atom stereocenters. The van der Waals surface area contributed by atoms with Gasteiger partial charge in [-0.05, 0) is 51.9 Å². The van der Waals surface area contributed by atoms with Crippen LogP contribution in [-0.2, 0) is 4.79 Å². The fourth-order valence-corrected chi connectivity index (χ4v) is 2.41. The Balaban J connectivity index is 3.25. The minimum absolute atomic E-state index is 0.865. The van der Waals surface area contributed by atoms with E-state index in [9.17, 15) is 4.79 Å². The molecular weight excluding hydrogens is 280 g/mol. The third kappa shape index (κ3) is 18.6. The van der Waals surface area contributed by atoms with Gasteiger partial charge in [0, 0.05) is 5.57 Å². The average molecular weight is 317 g/mol. The van der Waals surface area contributed by atoms with E-state index in [0.717, 1.165) is 37.7 Å². The zero-order valence-corrected chi connectivity index (χ0v) is 15.4. The highest BCUT2D eigenvalue weighted by Crippen LogP contribution is 2.11. The van der Waals surface area contributed by atoms with Gasteiger partial charge in [0.05, 0.1) is 0 Å². The molecule has 0 atom stereocenters. The predicted molar refractivity (Wildman–Crippen MR) is 103 cm³/mol. The highest BCUT2D eigenvalue weighted by molar-refractivity contribution is 5.50. The molecule has 0 aliphatic heterocycles. The fraction of sp³-hybridized carbons (Fsp3) is 0.636.